The molecular weight excluding hydrogens is 470 g/mol. The summed E-state index contributed by atoms with van der Waals surface area (Å²) >= 11 is 3.48. The zero-order valence-corrected chi connectivity index (χ0v) is 20.3. The lowest BCUT2D eigenvalue weighted by Gasteiger charge is -2.31. The largest absolute Gasteiger partial charge is 0.354 e. The van der Waals surface area contributed by atoms with Crippen molar-refractivity contribution in [2.45, 2.75) is 44.9 Å². The summed E-state index contributed by atoms with van der Waals surface area (Å²) in [6.07, 6.45) is 4.01. The molecule has 2 unspecified atom stereocenters. The van der Waals surface area contributed by atoms with E-state index in [4.69, 9.17) is 0 Å². The zero-order chi connectivity index (χ0) is 22.2. The average Bonchev–Trinajstić information content (AvgIpc) is 3.42. The Labute approximate surface area is 196 Å². The summed E-state index contributed by atoms with van der Waals surface area (Å²) in [4.78, 5) is 27.6. The number of benzene rings is 1. The summed E-state index contributed by atoms with van der Waals surface area (Å²) in [5.41, 5.74) is 2.53. The fraction of sp³-hybridized carbons (Fsp3) is 0.522. The van der Waals surface area contributed by atoms with Crippen molar-refractivity contribution < 1.29 is 0 Å². The van der Waals surface area contributed by atoms with Gasteiger partial charge in [-0.3, -0.25) is 14.0 Å². The van der Waals surface area contributed by atoms with Crippen LogP contribution < -0.4 is 11.0 Å². The molecule has 0 amide bonds. The number of aromatic nitrogens is 4. The van der Waals surface area contributed by atoms with Gasteiger partial charge in [0.2, 0.25) is 5.95 Å². The average molecular weight is 500 g/mol. The Hall–Kier alpha value is -2.23. The van der Waals surface area contributed by atoms with Gasteiger partial charge >= 0.3 is 5.69 Å². The van der Waals surface area contributed by atoms with Gasteiger partial charge in [-0.2, -0.15) is 4.98 Å². The molecule has 2 aliphatic rings. The Morgan fingerprint density at radius 2 is 1.94 bits per heavy atom. The van der Waals surface area contributed by atoms with E-state index in [1.165, 1.54) is 6.42 Å². The van der Waals surface area contributed by atoms with E-state index in [1.54, 1.807) is 10.8 Å². The number of aryl methyl sites for hydroxylation is 1. The molecule has 3 aromatic rings. The highest BCUT2D eigenvalue weighted by atomic mass is 79.9. The third-order valence-electron chi connectivity index (χ3n) is 6.80. The normalized spacial score (nSPS) is 21.1. The molecule has 2 aromatic heterocycles. The van der Waals surface area contributed by atoms with E-state index < -0.39 is 0 Å². The van der Waals surface area contributed by atoms with Crippen LogP contribution >= 0.6 is 15.9 Å². The summed E-state index contributed by atoms with van der Waals surface area (Å²) in [6, 6.07) is 9.44. The number of piperazine rings is 1. The van der Waals surface area contributed by atoms with Crippen LogP contribution in [-0.2, 0) is 13.1 Å². The first kappa shape index (κ1) is 21.6. The number of halogens is 1. The van der Waals surface area contributed by atoms with Crippen LogP contribution in [0.25, 0.3) is 11.2 Å². The number of nitrogens with zero attached hydrogens (tertiary/aromatic N) is 6. The van der Waals surface area contributed by atoms with Gasteiger partial charge in [-0.15, -0.1) is 0 Å². The van der Waals surface area contributed by atoms with Crippen LogP contribution in [0.3, 0.4) is 0 Å². The van der Waals surface area contributed by atoms with E-state index >= 15 is 0 Å². The Bertz CT molecular complexity index is 1150. The third-order valence-corrected chi connectivity index (χ3v) is 7.33. The van der Waals surface area contributed by atoms with Gasteiger partial charge in [0.15, 0.2) is 5.65 Å². The standard InChI is InChI=1S/C23H30BrN7O/c1-3-25-22-26-12-20-21(27-22)31(13-16-5-7-17(24)8-6-16)23(32)30(20)10-4-9-29-15-18-11-19(29)14-28(18)2/h5-8,12,18-19H,3-4,9-11,13-15H2,1-2H3,(H,25,26,27). The molecule has 0 aliphatic carbocycles. The predicted molar refractivity (Wildman–Crippen MR) is 130 cm³/mol. The first-order valence-electron chi connectivity index (χ1n) is 11.4. The zero-order valence-electron chi connectivity index (χ0n) is 18.7. The Kier molecular flexibility index (Phi) is 6.05. The topological polar surface area (TPSA) is 71.2 Å². The van der Waals surface area contributed by atoms with Gasteiger partial charge in [-0.25, -0.2) is 9.78 Å². The number of rotatable bonds is 8. The molecule has 170 valence electrons. The number of hydrogen-bond acceptors (Lipinski definition) is 6. The lowest BCUT2D eigenvalue weighted by molar-refractivity contribution is 0.147. The van der Waals surface area contributed by atoms with Gasteiger partial charge in [0.25, 0.3) is 0 Å². The van der Waals surface area contributed by atoms with Gasteiger partial charge in [0.05, 0.1) is 12.7 Å². The molecule has 2 aliphatic heterocycles. The maximum absolute atomic E-state index is 13.4. The molecule has 8 nitrogen and oxygen atoms in total. The Morgan fingerprint density at radius 3 is 2.62 bits per heavy atom. The number of likely N-dealkylation sites (N-methyl/N-ethyl adjacent to an activating group) is 1. The fourth-order valence-electron chi connectivity index (χ4n) is 5.12. The highest BCUT2D eigenvalue weighted by Crippen LogP contribution is 2.29. The summed E-state index contributed by atoms with van der Waals surface area (Å²) < 4.78 is 4.65. The summed E-state index contributed by atoms with van der Waals surface area (Å²) in [6.45, 7) is 7.25. The molecule has 4 heterocycles. The van der Waals surface area contributed by atoms with Crippen LogP contribution in [0.15, 0.2) is 39.7 Å². The van der Waals surface area contributed by atoms with Crippen LogP contribution in [-0.4, -0.2) is 74.2 Å². The number of anilines is 1. The molecule has 5 rings (SSSR count). The van der Waals surface area contributed by atoms with Gasteiger partial charge < -0.3 is 10.2 Å². The molecule has 2 fully saturated rings. The lowest BCUT2D eigenvalue weighted by atomic mass is 10.2. The maximum Gasteiger partial charge on any atom is 0.330 e. The molecule has 2 bridgehead atoms. The SMILES string of the molecule is CCNc1ncc2c(n1)n(Cc1ccc(Br)cc1)c(=O)n2CCCN1CC2CC1CN2C. The smallest absolute Gasteiger partial charge is 0.330 e. The van der Waals surface area contributed by atoms with Crippen molar-refractivity contribution in [3.05, 3.63) is 51.0 Å². The van der Waals surface area contributed by atoms with E-state index in [9.17, 15) is 4.79 Å². The first-order chi connectivity index (χ1) is 15.5. The quantitative estimate of drug-likeness (QED) is 0.513. The number of imidazole rings is 1. The molecule has 1 N–H and O–H groups in total. The second-order valence-corrected chi connectivity index (χ2v) is 9.83. The molecule has 0 saturated carbocycles. The summed E-state index contributed by atoms with van der Waals surface area (Å²) in [7, 11) is 2.23. The summed E-state index contributed by atoms with van der Waals surface area (Å²) in [5, 5.41) is 3.16. The number of fused-ring (bicyclic) bond motifs is 3. The molecule has 2 atom stereocenters. The van der Waals surface area contributed by atoms with Gasteiger partial charge in [-0.05, 0) is 44.5 Å². The minimum Gasteiger partial charge on any atom is -0.354 e. The second-order valence-electron chi connectivity index (χ2n) is 8.91. The van der Waals surface area contributed by atoms with E-state index in [1.807, 2.05) is 35.8 Å². The van der Waals surface area contributed by atoms with Crippen LogP contribution in [0, 0.1) is 0 Å². The van der Waals surface area contributed by atoms with Crippen molar-refractivity contribution in [3.63, 3.8) is 0 Å². The molecule has 1 aromatic carbocycles. The van der Waals surface area contributed by atoms with Crippen molar-refractivity contribution >= 4 is 33.0 Å². The fourth-order valence-corrected chi connectivity index (χ4v) is 5.39. The summed E-state index contributed by atoms with van der Waals surface area (Å²) in [5.74, 6) is 0.555. The van der Waals surface area contributed by atoms with Gasteiger partial charge in [-0.1, -0.05) is 28.1 Å². The minimum absolute atomic E-state index is 0.0199. The first-order valence-corrected chi connectivity index (χ1v) is 12.2. The monoisotopic (exact) mass is 499 g/mol. The predicted octanol–water partition coefficient (Wildman–Crippen LogP) is 2.61. The molecule has 0 spiro atoms. The third kappa shape index (κ3) is 4.09. The second kappa shape index (κ2) is 8.96. The molecule has 2 saturated heterocycles. The van der Waals surface area contributed by atoms with Crippen molar-refractivity contribution in [3.8, 4) is 0 Å². The van der Waals surface area contributed by atoms with Crippen molar-refractivity contribution in [2.24, 2.45) is 0 Å². The van der Waals surface area contributed by atoms with E-state index in [-0.39, 0.29) is 5.69 Å². The Morgan fingerprint density at radius 1 is 1.12 bits per heavy atom. The van der Waals surface area contributed by atoms with Crippen LogP contribution in [0.1, 0.15) is 25.3 Å². The minimum atomic E-state index is -0.0199. The Balaban J connectivity index is 1.39. The van der Waals surface area contributed by atoms with Crippen LogP contribution in [0.5, 0.6) is 0 Å². The van der Waals surface area contributed by atoms with E-state index in [0.29, 0.717) is 36.8 Å². The van der Waals surface area contributed by atoms with Crippen LogP contribution in [0.2, 0.25) is 0 Å². The van der Waals surface area contributed by atoms with Gasteiger partial charge in [0.1, 0.15) is 5.52 Å². The maximum atomic E-state index is 13.4. The van der Waals surface area contributed by atoms with E-state index in [0.717, 1.165) is 48.2 Å². The highest BCUT2D eigenvalue weighted by Gasteiger charge is 2.40. The number of likely N-dealkylation sites (tertiary alicyclic amines) is 2. The van der Waals surface area contributed by atoms with Crippen molar-refractivity contribution in [1.29, 1.82) is 0 Å². The van der Waals surface area contributed by atoms with Crippen molar-refractivity contribution in [1.82, 2.24) is 28.9 Å². The highest BCUT2D eigenvalue weighted by molar-refractivity contribution is 9.10. The number of nitrogens with one attached hydrogen (secondary N) is 1. The molecular formula is C23H30BrN7O. The molecule has 0 radical (unpaired) electrons. The van der Waals surface area contributed by atoms with Gasteiger partial charge in [0, 0.05) is 49.3 Å². The van der Waals surface area contributed by atoms with Crippen LogP contribution in [0.4, 0.5) is 5.95 Å². The van der Waals surface area contributed by atoms with E-state index in [2.05, 4.69) is 48.1 Å². The lowest BCUT2D eigenvalue weighted by Crippen LogP contribution is -2.45. The molecule has 9 heteroatoms. The number of hydrogen-bond donors (Lipinski definition) is 1. The van der Waals surface area contributed by atoms with Crippen molar-refractivity contribution in [2.75, 3.05) is 38.5 Å². The molecule has 32 heavy (non-hydrogen) atoms.